The van der Waals surface area contributed by atoms with E-state index in [9.17, 15) is 14.7 Å². The number of carbonyl (C=O) groups is 1. The third kappa shape index (κ3) is 4.15. The van der Waals surface area contributed by atoms with Crippen LogP contribution in [0.15, 0.2) is 39.7 Å². The summed E-state index contributed by atoms with van der Waals surface area (Å²) in [6, 6.07) is 6.15. The van der Waals surface area contributed by atoms with E-state index < -0.39 is 12.0 Å². The first-order valence-electron chi connectivity index (χ1n) is 9.35. The maximum Gasteiger partial charge on any atom is 0.356 e. The maximum absolute atomic E-state index is 13.0. The number of nitrogens with one attached hydrogen (secondary N) is 2. The monoisotopic (exact) mass is 440 g/mol. The summed E-state index contributed by atoms with van der Waals surface area (Å²) in [5.41, 5.74) is 7.86. The third-order valence-electron chi connectivity index (χ3n) is 4.89. The summed E-state index contributed by atoms with van der Waals surface area (Å²) in [5, 5.41) is 20.6. The summed E-state index contributed by atoms with van der Waals surface area (Å²) in [4.78, 5) is 28.5. The molecule has 0 aliphatic rings. The molecule has 9 heteroatoms. The van der Waals surface area contributed by atoms with Crippen LogP contribution in [0.5, 0.6) is 0 Å². The highest BCUT2D eigenvalue weighted by molar-refractivity contribution is 6.29. The van der Waals surface area contributed by atoms with Gasteiger partial charge in [-0.25, -0.2) is 9.78 Å². The van der Waals surface area contributed by atoms with Gasteiger partial charge in [-0.1, -0.05) is 17.7 Å². The lowest BCUT2D eigenvalue weighted by Gasteiger charge is -2.19. The smallest absolute Gasteiger partial charge is 0.356 e. The van der Waals surface area contributed by atoms with Gasteiger partial charge in [0.05, 0.1) is 22.7 Å². The van der Waals surface area contributed by atoms with Crippen molar-refractivity contribution in [2.24, 2.45) is 5.73 Å². The molecule has 0 aliphatic carbocycles. The van der Waals surface area contributed by atoms with Gasteiger partial charge in [-0.05, 0) is 44.5 Å². The summed E-state index contributed by atoms with van der Waals surface area (Å²) in [7, 11) is 0. The van der Waals surface area contributed by atoms with Crippen molar-refractivity contribution in [3.05, 3.63) is 74.0 Å². The molecule has 0 aliphatic heterocycles. The Morgan fingerprint density at radius 2 is 2.06 bits per heavy atom. The molecule has 1 atom stereocenters. The highest BCUT2D eigenvalue weighted by atomic mass is 35.5. The second-order valence-corrected chi connectivity index (χ2v) is 7.47. The number of nitrogens with two attached hydrogens (primary N) is 1. The fraction of sp³-hybridized carbons (Fsp3) is 0.182. The van der Waals surface area contributed by atoms with Crippen LogP contribution >= 0.6 is 11.6 Å². The average molecular weight is 441 g/mol. The third-order valence-corrected chi connectivity index (χ3v) is 5.10. The van der Waals surface area contributed by atoms with E-state index >= 15 is 0 Å². The van der Waals surface area contributed by atoms with Gasteiger partial charge in [-0.3, -0.25) is 4.79 Å². The summed E-state index contributed by atoms with van der Waals surface area (Å²) in [6.45, 7) is 5.29. The predicted octanol–water partition coefficient (Wildman–Crippen LogP) is 4.28. The number of allylic oxidation sites excluding steroid dienone is 1. The van der Waals surface area contributed by atoms with Crippen LogP contribution in [0.2, 0.25) is 5.15 Å². The van der Waals surface area contributed by atoms with Crippen molar-refractivity contribution in [2.75, 3.05) is 5.32 Å². The van der Waals surface area contributed by atoms with Gasteiger partial charge in [0.1, 0.15) is 16.5 Å². The van der Waals surface area contributed by atoms with E-state index in [1.165, 1.54) is 18.3 Å². The van der Waals surface area contributed by atoms with Gasteiger partial charge in [0.25, 0.3) is 0 Å². The van der Waals surface area contributed by atoms with Crippen LogP contribution in [-0.4, -0.2) is 22.3 Å². The number of anilines is 1. The molecule has 0 saturated carbocycles. The van der Waals surface area contributed by atoms with Crippen LogP contribution in [0.25, 0.3) is 16.5 Å². The zero-order chi connectivity index (χ0) is 22.9. The molecule has 0 amide bonds. The Labute approximate surface area is 182 Å². The molecule has 0 saturated heterocycles. The Morgan fingerprint density at radius 1 is 1.35 bits per heavy atom. The molecule has 160 valence electrons. The lowest BCUT2D eigenvalue weighted by Crippen LogP contribution is -2.15. The van der Waals surface area contributed by atoms with E-state index in [1.54, 1.807) is 13.0 Å². The molecule has 1 aromatic carbocycles. The average Bonchev–Trinajstić information content (AvgIpc) is 2.73. The van der Waals surface area contributed by atoms with Gasteiger partial charge in [0.15, 0.2) is 11.1 Å². The second kappa shape index (κ2) is 8.61. The number of benzene rings is 1. The lowest BCUT2D eigenvalue weighted by atomic mass is 9.99. The number of aromatic nitrogens is 1. The van der Waals surface area contributed by atoms with E-state index in [1.807, 2.05) is 19.9 Å². The Balaban J connectivity index is 2.21. The van der Waals surface area contributed by atoms with Crippen LogP contribution in [0.1, 0.15) is 45.9 Å². The first-order chi connectivity index (χ1) is 14.7. The van der Waals surface area contributed by atoms with Gasteiger partial charge in [-0.15, -0.1) is 0 Å². The second-order valence-electron chi connectivity index (χ2n) is 7.08. The van der Waals surface area contributed by atoms with Crippen molar-refractivity contribution in [3.8, 4) is 0 Å². The van der Waals surface area contributed by atoms with Crippen molar-refractivity contribution in [3.63, 3.8) is 0 Å². The molecule has 8 nitrogen and oxygen atoms in total. The van der Waals surface area contributed by atoms with E-state index in [4.69, 9.17) is 27.2 Å². The number of rotatable bonds is 6. The number of carboxylic acids is 1. The lowest BCUT2D eigenvalue weighted by molar-refractivity contribution is 0.0691. The Hall–Kier alpha value is -3.65. The van der Waals surface area contributed by atoms with Gasteiger partial charge in [0, 0.05) is 23.5 Å². The molecule has 3 rings (SSSR count). The van der Waals surface area contributed by atoms with Crippen LogP contribution in [0.3, 0.4) is 0 Å². The van der Waals surface area contributed by atoms with Crippen LogP contribution < -0.4 is 16.5 Å². The van der Waals surface area contributed by atoms with Crippen LogP contribution in [-0.2, 0) is 0 Å². The molecule has 2 heterocycles. The number of hydrogen-bond acceptors (Lipinski definition) is 7. The molecule has 0 unspecified atom stereocenters. The van der Waals surface area contributed by atoms with Crippen molar-refractivity contribution in [1.82, 2.24) is 4.98 Å². The number of fused-ring (bicyclic) bond motifs is 1. The Bertz CT molecular complexity index is 1300. The maximum atomic E-state index is 13.0. The first-order valence-corrected chi connectivity index (χ1v) is 9.72. The Morgan fingerprint density at radius 3 is 2.68 bits per heavy atom. The fourth-order valence-electron chi connectivity index (χ4n) is 3.38. The molecule has 2 aromatic heterocycles. The molecule has 31 heavy (non-hydrogen) atoms. The summed E-state index contributed by atoms with van der Waals surface area (Å²) in [6.07, 6.45) is 2.23. The number of pyridine rings is 1. The minimum atomic E-state index is -1.22. The van der Waals surface area contributed by atoms with E-state index in [2.05, 4.69) is 10.3 Å². The summed E-state index contributed by atoms with van der Waals surface area (Å²) < 4.78 is 6.07. The molecule has 3 aromatic rings. The minimum Gasteiger partial charge on any atom is -0.476 e. The number of carboxylic acid groups (broad SMARTS) is 1. The number of aromatic carboxylic acids is 1. The quantitative estimate of drug-likeness (QED) is 0.331. The zero-order valence-electron chi connectivity index (χ0n) is 17.1. The van der Waals surface area contributed by atoms with Crippen molar-refractivity contribution < 1.29 is 14.3 Å². The normalized spacial score (nSPS) is 12.6. The number of halogens is 1. The largest absolute Gasteiger partial charge is 0.476 e. The fourth-order valence-corrected chi connectivity index (χ4v) is 3.53. The Kier molecular flexibility index (Phi) is 6.12. The highest BCUT2D eigenvalue weighted by Crippen LogP contribution is 2.31. The van der Waals surface area contributed by atoms with E-state index in [0.717, 1.165) is 11.8 Å². The molecule has 0 fully saturated rings. The molecule has 0 radical (unpaired) electrons. The first kappa shape index (κ1) is 22.0. The van der Waals surface area contributed by atoms with Gasteiger partial charge in [-0.2, -0.15) is 0 Å². The van der Waals surface area contributed by atoms with Gasteiger partial charge < -0.3 is 26.0 Å². The van der Waals surface area contributed by atoms with Crippen molar-refractivity contribution >= 4 is 46.0 Å². The summed E-state index contributed by atoms with van der Waals surface area (Å²) >= 11 is 5.83. The van der Waals surface area contributed by atoms with Crippen molar-refractivity contribution in [1.29, 1.82) is 5.41 Å². The highest BCUT2D eigenvalue weighted by Gasteiger charge is 2.21. The SMILES string of the molecule is Cc1cc([C@@H](C)Nc2ccc(Cl)nc2C(=O)O)c2oc(/C(C=N)=C/N)c(C)c(=O)c2c1. The topological polar surface area (TPSA) is 142 Å². The van der Waals surface area contributed by atoms with Crippen LogP contribution in [0, 0.1) is 19.3 Å². The van der Waals surface area contributed by atoms with E-state index in [0.29, 0.717) is 22.1 Å². The van der Waals surface area contributed by atoms with Gasteiger partial charge >= 0.3 is 5.97 Å². The molecule has 0 spiro atoms. The number of nitrogens with zero attached hydrogens (tertiary/aromatic N) is 1. The van der Waals surface area contributed by atoms with Crippen LogP contribution in [0.4, 0.5) is 5.69 Å². The number of hydrogen-bond donors (Lipinski definition) is 4. The molecule has 5 N–H and O–H groups in total. The molecule has 0 bridgehead atoms. The van der Waals surface area contributed by atoms with Gasteiger partial charge in [0.2, 0.25) is 0 Å². The zero-order valence-corrected chi connectivity index (χ0v) is 17.9. The molecular formula is C22H21ClN4O4. The summed E-state index contributed by atoms with van der Waals surface area (Å²) in [5.74, 6) is -1.01. The standard InChI is InChI=1S/C22H21ClN4O4/c1-10-6-14(12(3)26-16-4-5-17(23)27-18(16)22(29)30)21-15(7-10)19(28)11(2)20(31-21)13(8-24)9-25/h4-9,12,24,26H,25H2,1-3H3,(H,29,30)/b13-9+,24-8?/t12-/m1/s1. The predicted molar refractivity (Wildman–Crippen MR) is 121 cm³/mol. The minimum absolute atomic E-state index is 0.0652. The molecular weight excluding hydrogens is 420 g/mol. The number of aryl methyl sites for hydroxylation is 1. The van der Waals surface area contributed by atoms with Crippen molar-refractivity contribution in [2.45, 2.75) is 26.8 Å². The van der Waals surface area contributed by atoms with E-state index in [-0.39, 0.29) is 33.3 Å².